The lowest BCUT2D eigenvalue weighted by molar-refractivity contribution is -0.145. The van der Waals surface area contributed by atoms with Crippen LogP contribution >= 0.6 is 22.7 Å². The van der Waals surface area contributed by atoms with E-state index in [2.05, 4.69) is 0 Å². The predicted molar refractivity (Wildman–Crippen MR) is 154 cm³/mol. The van der Waals surface area contributed by atoms with Gasteiger partial charge in [0, 0.05) is 10.4 Å². The number of hydrogen-bond acceptors (Lipinski definition) is 9. The minimum Gasteiger partial charge on any atom is -0.482 e. The summed E-state index contributed by atoms with van der Waals surface area (Å²) in [4.78, 5) is 44.9. The van der Waals surface area contributed by atoms with Crippen molar-refractivity contribution in [2.24, 2.45) is 4.99 Å². The van der Waals surface area contributed by atoms with E-state index in [0.717, 1.165) is 16.0 Å². The first kappa shape index (κ1) is 27.3. The summed E-state index contributed by atoms with van der Waals surface area (Å²) in [5.41, 5.74) is 2.11. The summed E-state index contributed by atoms with van der Waals surface area (Å²) in [6.07, 6.45) is 1.78. The zero-order chi connectivity index (χ0) is 28.1. The summed E-state index contributed by atoms with van der Waals surface area (Å²) in [5.74, 6) is -0.433. The van der Waals surface area contributed by atoms with Gasteiger partial charge in [-0.2, -0.15) is 0 Å². The molecule has 5 rings (SSSR count). The molecular weight excluding hydrogens is 548 g/mol. The Morgan fingerprint density at radius 3 is 2.40 bits per heavy atom. The molecule has 0 bridgehead atoms. The maximum atomic E-state index is 13.8. The van der Waals surface area contributed by atoms with E-state index in [1.165, 1.54) is 22.7 Å². The normalized spacial score (nSPS) is 14.8. The second-order valence-electron chi connectivity index (χ2n) is 8.61. The van der Waals surface area contributed by atoms with E-state index < -0.39 is 18.0 Å². The van der Waals surface area contributed by atoms with Crippen molar-refractivity contribution in [1.82, 2.24) is 4.57 Å². The molecule has 0 aliphatic carbocycles. The zero-order valence-electron chi connectivity index (χ0n) is 21.9. The monoisotopic (exact) mass is 574 g/mol. The molecular formula is C30H26N2O6S2. The van der Waals surface area contributed by atoms with Gasteiger partial charge in [0.15, 0.2) is 11.4 Å². The van der Waals surface area contributed by atoms with Crippen LogP contribution in [0.4, 0.5) is 0 Å². The van der Waals surface area contributed by atoms with Gasteiger partial charge in [-0.1, -0.05) is 59.9 Å². The predicted octanol–water partition coefficient (Wildman–Crippen LogP) is 3.94. The van der Waals surface area contributed by atoms with Gasteiger partial charge in [-0.05, 0) is 49.1 Å². The lowest BCUT2D eigenvalue weighted by Gasteiger charge is -2.24. The summed E-state index contributed by atoms with van der Waals surface area (Å²) >= 11 is 2.73. The Kier molecular flexibility index (Phi) is 8.37. The largest absolute Gasteiger partial charge is 0.482 e. The number of esters is 2. The van der Waals surface area contributed by atoms with Gasteiger partial charge in [0.2, 0.25) is 0 Å². The average Bonchev–Trinajstić information content (AvgIpc) is 3.61. The molecule has 40 heavy (non-hydrogen) atoms. The van der Waals surface area contributed by atoms with Crippen molar-refractivity contribution in [1.29, 1.82) is 0 Å². The highest BCUT2D eigenvalue weighted by atomic mass is 32.1. The lowest BCUT2D eigenvalue weighted by Crippen LogP contribution is -2.39. The van der Waals surface area contributed by atoms with Crippen molar-refractivity contribution in [3.05, 3.63) is 113 Å². The summed E-state index contributed by atoms with van der Waals surface area (Å²) in [5, 5.41) is 1.92. The van der Waals surface area contributed by atoms with E-state index in [-0.39, 0.29) is 18.8 Å². The fourth-order valence-corrected chi connectivity index (χ4v) is 6.14. The quantitative estimate of drug-likeness (QED) is 0.281. The third-order valence-corrected chi connectivity index (χ3v) is 7.93. The highest BCUT2D eigenvalue weighted by Gasteiger charge is 2.35. The molecule has 4 aromatic rings. The van der Waals surface area contributed by atoms with Crippen LogP contribution in [0.2, 0.25) is 0 Å². The van der Waals surface area contributed by atoms with Gasteiger partial charge in [0.05, 0.1) is 29.0 Å². The van der Waals surface area contributed by atoms with E-state index in [9.17, 15) is 14.4 Å². The maximum absolute atomic E-state index is 13.8. The topological polar surface area (TPSA) is 96.2 Å². The number of rotatable bonds is 9. The van der Waals surface area contributed by atoms with Crippen LogP contribution in [-0.4, -0.2) is 36.3 Å². The van der Waals surface area contributed by atoms with E-state index in [1.807, 2.05) is 47.8 Å². The third-order valence-electron chi connectivity index (χ3n) is 6.03. The molecule has 1 aliphatic heterocycles. The number of carbonyl (C=O) groups is 2. The number of hydrogen-bond donors (Lipinski definition) is 0. The van der Waals surface area contributed by atoms with Gasteiger partial charge in [0.1, 0.15) is 11.8 Å². The van der Waals surface area contributed by atoms with Gasteiger partial charge in [0.25, 0.3) is 5.56 Å². The molecule has 0 saturated heterocycles. The molecule has 0 saturated carbocycles. The SMILES string of the molecule is CCOC(=O)COc1ccc(/C=c2\sc3n(c2=O)[C@@H](c2cccs2)C(C(=O)OCC)=C(c2ccccc2)N=3)cc1. The minimum atomic E-state index is -0.675. The fraction of sp³-hybridized carbons (Fsp3) is 0.200. The second kappa shape index (κ2) is 12.3. The Hall–Kier alpha value is -4.28. The molecule has 10 heteroatoms. The van der Waals surface area contributed by atoms with E-state index in [4.69, 9.17) is 19.2 Å². The Balaban J connectivity index is 1.60. The number of aromatic nitrogens is 1. The molecule has 8 nitrogen and oxygen atoms in total. The van der Waals surface area contributed by atoms with E-state index >= 15 is 0 Å². The number of thiazole rings is 1. The van der Waals surface area contributed by atoms with Gasteiger partial charge in [-0.25, -0.2) is 14.6 Å². The number of ether oxygens (including phenoxy) is 3. The summed E-state index contributed by atoms with van der Waals surface area (Å²) in [7, 11) is 0. The Labute approximate surface area is 238 Å². The van der Waals surface area contributed by atoms with Crippen molar-refractivity contribution in [2.45, 2.75) is 19.9 Å². The van der Waals surface area contributed by atoms with Crippen molar-refractivity contribution >= 4 is 46.4 Å². The average molecular weight is 575 g/mol. The first-order valence-electron chi connectivity index (χ1n) is 12.7. The van der Waals surface area contributed by atoms with Crippen molar-refractivity contribution in [3.8, 4) is 5.75 Å². The standard InChI is InChI=1S/C30H26N2O6S2/c1-3-36-24(33)18-38-21-14-12-19(13-15-21)17-23-28(34)32-27(22-11-8-16-39-22)25(29(35)37-4-2)26(31-30(32)40-23)20-9-6-5-7-10-20/h5-17,27H,3-4,18H2,1-2H3/b23-17-/t27-/m0/s1. The number of thiophene rings is 1. The Bertz CT molecular complexity index is 1720. The van der Waals surface area contributed by atoms with Crippen molar-refractivity contribution in [2.75, 3.05) is 19.8 Å². The molecule has 204 valence electrons. The van der Waals surface area contributed by atoms with Crippen LogP contribution in [0.25, 0.3) is 11.8 Å². The van der Waals surface area contributed by atoms with Crippen LogP contribution in [0.5, 0.6) is 5.75 Å². The van der Waals surface area contributed by atoms with Gasteiger partial charge in [-0.3, -0.25) is 9.36 Å². The van der Waals surface area contributed by atoms with E-state index in [1.54, 1.807) is 48.8 Å². The van der Waals surface area contributed by atoms with Crippen LogP contribution in [0.3, 0.4) is 0 Å². The molecule has 2 aromatic carbocycles. The van der Waals surface area contributed by atoms with Crippen molar-refractivity contribution < 1.29 is 23.8 Å². The molecule has 1 atom stereocenters. The van der Waals surface area contributed by atoms with Crippen LogP contribution in [0.15, 0.2) is 87.5 Å². The van der Waals surface area contributed by atoms with Crippen molar-refractivity contribution in [3.63, 3.8) is 0 Å². The van der Waals surface area contributed by atoms with Gasteiger partial charge in [-0.15, -0.1) is 11.3 Å². The van der Waals surface area contributed by atoms with E-state index in [0.29, 0.717) is 33.0 Å². The van der Waals surface area contributed by atoms with Gasteiger partial charge < -0.3 is 14.2 Å². The number of carbonyl (C=O) groups excluding carboxylic acids is 2. The number of benzene rings is 2. The highest BCUT2D eigenvalue weighted by Crippen LogP contribution is 2.36. The summed E-state index contributed by atoms with van der Waals surface area (Å²) in [6.45, 7) is 3.80. The van der Waals surface area contributed by atoms with Gasteiger partial charge >= 0.3 is 11.9 Å². The molecule has 0 fully saturated rings. The number of nitrogens with zero attached hydrogens (tertiary/aromatic N) is 2. The van der Waals surface area contributed by atoms with Crippen LogP contribution in [0, 0.1) is 0 Å². The molecule has 0 radical (unpaired) electrons. The maximum Gasteiger partial charge on any atom is 0.344 e. The first-order chi connectivity index (χ1) is 19.5. The number of fused-ring (bicyclic) bond motifs is 1. The first-order valence-corrected chi connectivity index (χ1v) is 14.4. The fourth-order valence-electron chi connectivity index (χ4n) is 4.31. The zero-order valence-corrected chi connectivity index (χ0v) is 23.5. The highest BCUT2D eigenvalue weighted by molar-refractivity contribution is 7.10. The molecule has 1 aliphatic rings. The Morgan fingerprint density at radius 2 is 1.73 bits per heavy atom. The van der Waals surface area contributed by atoms with Crippen LogP contribution in [0.1, 0.15) is 35.9 Å². The molecule has 2 aromatic heterocycles. The smallest absolute Gasteiger partial charge is 0.344 e. The third kappa shape index (κ3) is 5.68. The molecule has 0 amide bonds. The second-order valence-corrected chi connectivity index (χ2v) is 10.6. The van der Waals surface area contributed by atoms with Crippen LogP contribution < -0.4 is 19.6 Å². The summed E-state index contributed by atoms with van der Waals surface area (Å²) in [6, 6.07) is 19.6. The molecule has 0 N–H and O–H groups in total. The van der Waals surface area contributed by atoms with Crippen LogP contribution in [-0.2, 0) is 19.1 Å². The molecule has 3 heterocycles. The molecule has 0 unspecified atom stereocenters. The molecule has 0 spiro atoms. The summed E-state index contributed by atoms with van der Waals surface area (Å²) < 4.78 is 17.9. The lowest BCUT2D eigenvalue weighted by atomic mass is 9.97. The Morgan fingerprint density at radius 1 is 0.975 bits per heavy atom. The minimum absolute atomic E-state index is 0.180.